The van der Waals surface area contributed by atoms with Crippen LogP contribution in [0.5, 0.6) is 0 Å². The van der Waals surface area contributed by atoms with Crippen molar-refractivity contribution in [1.82, 2.24) is 39.2 Å². The first-order valence-electron chi connectivity index (χ1n) is 10.8. The quantitative estimate of drug-likeness (QED) is 0.424. The molecular formula is C25H23N9. The minimum absolute atomic E-state index is 0.432. The third-order valence-corrected chi connectivity index (χ3v) is 5.09. The molecule has 0 atom stereocenters. The number of aryl methyl sites for hydroxylation is 3. The standard InChI is InChI=1S/C13H12N4.C12H11N5/c1-9-8-17-13(15-10(2)16-17)12(14-9)11-6-4-3-5-7-11;1-8-14-12-11(9-5-3-2-4-6-9)15-10(13)7-17(12)16-8/h3-8H,1-2H3;2-7H,13H2,1H3. The molecule has 0 aliphatic carbocycles. The Balaban J connectivity index is 0.000000142. The fraction of sp³-hybridized carbons (Fsp3) is 0.120. The van der Waals surface area contributed by atoms with E-state index in [4.69, 9.17) is 5.73 Å². The summed E-state index contributed by atoms with van der Waals surface area (Å²) in [6, 6.07) is 19.9. The lowest BCUT2D eigenvalue weighted by atomic mass is 10.1. The number of fused-ring (bicyclic) bond motifs is 2. The third kappa shape index (κ3) is 4.18. The van der Waals surface area contributed by atoms with Crippen molar-refractivity contribution in [2.24, 2.45) is 0 Å². The molecule has 9 nitrogen and oxygen atoms in total. The molecule has 9 heteroatoms. The van der Waals surface area contributed by atoms with Gasteiger partial charge in [0.05, 0.1) is 18.1 Å². The van der Waals surface area contributed by atoms with Gasteiger partial charge in [-0.05, 0) is 20.8 Å². The molecule has 6 aromatic rings. The lowest BCUT2D eigenvalue weighted by Gasteiger charge is -2.03. The Morgan fingerprint density at radius 2 is 1.06 bits per heavy atom. The molecule has 0 bridgehead atoms. The minimum Gasteiger partial charge on any atom is -0.382 e. The molecule has 2 aromatic carbocycles. The second-order valence-corrected chi connectivity index (χ2v) is 7.83. The van der Waals surface area contributed by atoms with Crippen molar-refractivity contribution in [3.05, 3.63) is 90.4 Å². The summed E-state index contributed by atoms with van der Waals surface area (Å²) in [5, 5.41) is 8.57. The van der Waals surface area contributed by atoms with Gasteiger partial charge in [0.1, 0.15) is 28.9 Å². The third-order valence-electron chi connectivity index (χ3n) is 5.09. The Morgan fingerprint density at radius 1 is 0.588 bits per heavy atom. The van der Waals surface area contributed by atoms with Gasteiger partial charge >= 0.3 is 0 Å². The number of aromatic nitrogens is 8. The van der Waals surface area contributed by atoms with Gasteiger partial charge in [0.2, 0.25) is 0 Å². The maximum Gasteiger partial charge on any atom is 0.182 e. The van der Waals surface area contributed by atoms with Gasteiger partial charge in [-0.15, -0.1) is 0 Å². The average molecular weight is 450 g/mol. The van der Waals surface area contributed by atoms with Gasteiger partial charge in [0.15, 0.2) is 11.3 Å². The summed E-state index contributed by atoms with van der Waals surface area (Å²) in [5.41, 5.74) is 11.9. The van der Waals surface area contributed by atoms with Gasteiger partial charge in [0, 0.05) is 11.1 Å². The molecule has 2 N–H and O–H groups in total. The molecule has 0 fully saturated rings. The average Bonchev–Trinajstić information content (AvgIpc) is 3.40. The SMILES string of the molecule is Cc1cn2nc(C)nc2c(-c2ccccc2)n1.Cc1nc2c(-c3ccccc3)nc(N)cn2n1. The highest BCUT2D eigenvalue weighted by atomic mass is 15.3. The van der Waals surface area contributed by atoms with Crippen LogP contribution in [0.3, 0.4) is 0 Å². The van der Waals surface area contributed by atoms with Crippen molar-refractivity contribution < 1.29 is 0 Å². The lowest BCUT2D eigenvalue weighted by Crippen LogP contribution is -1.99. The normalized spacial score (nSPS) is 10.9. The Bertz CT molecular complexity index is 1460. The molecule has 0 saturated carbocycles. The summed E-state index contributed by atoms with van der Waals surface area (Å²) in [7, 11) is 0. The van der Waals surface area contributed by atoms with Crippen molar-refractivity contribution in [2.75, 3.05) is 5.73 Å². The predicted octanol–water partition coefficient (Wildman–Crippen LogP) is 4.09. The molecule has 4 heterocycles. The van der Waals surface area contributed by atoms with E-state index >= 15 is 0 Å². The second-order valence-electron chi connectivity index (χ2n) is 7.83. The number of hydrogen-bond acceptors (Lipinski definition) is 7. The van der Waals surface area contributed by atoms with E-state index in [1.54, 1.807) is 15.2 Å². The fourth-order valence-corrected chi connectivity index (χ4v) is 3.71. The van der Waals surface area contributed by atoms with Gasteiger partial charge < -0.3 is 5.73 Å². The van der Waals surface area contributed by atoms with Crippen molar-refractivity contribution in [3.8, 4) is 22.5 Å². The molecule has 0 radical (unpaired) electrons. The van der Waals surface area contributed by atoms with Gasteiger partial charge in [-0.1, -0.05) is 60.7 Å². The summed E-state index contributed by atoms with van der Waals surface area (Å²) >= 11 is 0. The van der Waals surface area contributed by atoms with E-state index in [1.165, 1.54) is 0 Å². The van der Waals surface area contributed by atoms with E-state index in [1.807, 2.05) is 87.6 Å². The van der Waals surface area contributed by atoms with Crippen LogP contribution in [0.2, 0.25) is 0 Å². The topological polar surface area (TPSA) is 112 Å². The van der Waals surface area contributed by atoms with Crippen molar-refractivity contribution in [2.45, 2.75) is 20.8 Å². The molecule has 4 aromatic heterocycles. The zero-order valence-corrected chi connectivity index (χ0v) is 19.1. The second kappa shape index (κ2) is 8.70. The first-order valence-corrected chi connectivity index (χ1v) is 10.8. The highest BCUT2D eigenvalue weighted by Crippen LogP contribution is 2.23. The van der Waals surface area contributed by atoms with Gasteiger partial charge in [-0.3, -0.25) is 0 Å². The maximum absolute atomic E-state index is 5.77. The van der Waals surface area contributed by atoms with Crippen molar-refractivity contribution in [1.29, 1.82) is 0 Å². The number of nitrogen functional groups attached to an aromatic ring is 1. The molecule has 34 heavy (non-hydrogen) atoms. The Kier molecular flexibility index (Phi) is 5.43. The van der Waals surface area contributed by atoms with Gasteiger partial charge in [-0.25, -0.2) is 29.0 Å². The lowest BCUT2D eigenvalue weighted by molar-refractivity contribution is 0.908. The Labute approximate surface area is 196 Å². The van der Waals surface area contributed by atoms with Crippen molar-refractivity contribution in [3.63, 3.8) is 0 Å². The van der Waals surface area contributed by atoms with Crippen LogP contribution in [0.25, 0.3) is 33.8 Å². The first-order chi connectivity index (χ1) is 16.5. The smallest absolute Gasteiger partial charge is 0.182 e. The Hall–Kier alpha value is -4.66. The van der Waals surface area contributed by atoms with Gasteiger partial charge in [-0.2, -0.15) is 10.2 Å². The van der Waals surface area contributed by atoms with Crippen LogP contribution in [0, 0.1) is 20.8 Å². The van der Waals surface area contributed by atoms with E-state index in [0.29, 0.717) is 11.6 Å². The molecular weight excluding hydrogens is 426 g/mol. The number of nitrogens with two attached hydrogens (primary N) is 1. The van der Waals surface area contributed by atoms with E-state index in [0.717, 1.165) is 45.3 Å². The summed E-state index contributed by atoms with van der Waals surface area (Å²) in [6.07, 6.45) is 3.56. The van der Waals surface area contributed by atoms with E-state index < -0.39 is 0 Å². The minimum atomic E-state index is 0.432. The number of rotatable bonds is 2. The molecule has 168 valence electrons. The van der Waals surface area contributed by atoms with E-state index in [2.05, 4.69) is 30.1 Å². The van der Waals surface area contributed by atoms with Crippen LogP contribution in [0.1, 0.15) is 17.3 Å². The highest BCUT2D eigenvalue weighted by Gasteiger charge is 2.11. The highest BCUT2D eigenvalue weighted by molar-refractivity contribution is 5.75. The van der Waals surface area contributed by atoms with Crippen LogP contribution < -0.4 is 5.73 Å². The fourth-order valence-electron chi connectivity index (χ4n) is 3.71. The number of benzene rings is 2. The van der Waals surface area contributed by atoms with Gasteiger partial charge in [0.25, 0.3) is 0 Å². The zero-order valence-electron chi connectivity index (χ0n) is 19.1. The van der Waals surface area contributed by atoms with Crippen LogP contribution in [0.15, 0.2) is 73.1 Å². The van der Waals surface area contributed by atoms with E-state index in [9.17, 15) is 0 Å². The summed E-state index contributed by atoms with van der Waals surface area (Å²) in [6.45, 7) is 5.69. The van der Waals surface area contributed by atoms with E-state index in [-0.39, 0.29) is 0 Å². The summed E-state index contributed by atoms with van der Waals surface area (Å²) < 4.78 is 3.46. The molecule has 0 aliphatic heterocycles. The monoisotopic (exact) mass is 449 g/mol. The predicted molar refractivity (Wildman–Crippen MR) is 131 cm³/mol. The van der Waals surface area contributed by atoms with Crippen LogP contribution >= 0.6 is 0 Å². The Morgan fingerprint density at radius 3 is 1.59 bits per heavy atom. The number of nitrogens with zero attached hydrogens (tertiary/aromatic N) is 8. The molecule has 0 saturated heterocycles. The summed E-state index contributed by atoms with van der Waals surface area (Å²) in [5.74, 6) is 1.89. The van der Waals surface area contributed by atoms with Crippen LogP contribution in [-0.2, 0) is 0 Å². The number of hydrogen-bond donors (Lipinski definition) is 1. The molecule has 6 rings (SSSR count). The zero-order chi connectivity index (χ0) is 23.7. The largest absolute Gasteiger partial charge is 0.382 e. The molecule has 0 spiro atoms. The van der Waals surface area contributed by atoms with Crippen molar-refractivity contribution >= 4 is 17.1 Å². The summed E-state index contributed by atoms with van der Waals surface area (Å²) in [4.78, 5) is 17.7. The van der Waals surface area contributed by atoms with Crippen LogP contribution in [0.4, 0.5) is 5.82 Å². The molecule has 0 aliphatic rings. The maximum atomic E-state index is 5.77. The molecule has 0 unspecified atom stereocenters. The first kappa shape index (κ1) is 21.2. The number of anilines is 1. The molecule has 0 amide bonds. The van der Waals surface area contributed by atoms with Crippen LogP contribution in [-0.4, -0.2) is 39.2 Å².